The highest BCUT2D eigenvalue weighted by atomic mass is 15.2. The molecule has 1 spiro atoms. The van der Waals surface area contributed by atoms with Crippen molar-refractivity contribution in [1.82, 2.24) is 4.90 Å². The van der Waals surface area contributed by atoms with Crippen molar-refractivity contribution in [2.75, 3.05) is 19.6 Å². The van der Waals surface area contributed by atoms with Crippen LogP contribution >= 0.6 is 0 Å². The molecule has 1 heterocycles. The van der Waals surface area contributed by atoms with E-state index >= 15 is 0 Å². The van der Waals surface area contributed by atoms with E-state index in [9.17, 15) is 0 Å². The number of nitrogens with two attached hydrogens (primary N) is 1. The third kappa shape index (κ3) is 2.05. The molecule has 2 rings (SSSR count). The van der Waals surface area contributed by atoms with Crippen molar-refractivity contribution in [2.24, 2.45) is 11.1 Å². The fourth-order valence-electron chi connectivity index (χ4n) is 3.06. The summed E-state index contributed by atoms with van der Waals surface area (Å²) >= 11 is 0. The molecule has 1 unspecified atom stereocenters. The summed E-state index contributed by atoms with van der Waals surface area (Å²) in [6.45, 7) is 5.86. The summed E-state index contributed by atoms with van der Waals surface area (Å²) in [6, 6.07) is 0.348. The zero-order valence-corrected chi connectivity index (χ0v) is 8.76. The zero-order chi connectivity index (χ0) is 9.31. The average molecular weight is 182 g/mol. The van der Waals surface area contributed by atoms with E-state index in [4.69, 9.17) is 5.73 Å². The van der Waals surface area contributed by atoms with E-state index in [0.29, 0.717) is 6.04 Å². The van der Waals surface area contributed by atoms with Crippen LogP contribution in [0.15, 0.2) is 0 Å². The van der Waals surface area contributed by atoms with Crippen molar-refractivity contribution in [3.8, 4) is 0 Å². The molecule has 2 nitrogen and oxygen atoms in total. The Kier molecular flexibility index (Phi) is 2.61. The zero-order valence-electron chi connectivity index (χ0n) is 8.76. The van der Waals surface area contributed by atoms with E-state index in [0.717, 1.165) is 12.0 Å². The van der Waals surface area contributed by atoms with Gasteiger partial charge in [0.25, 0.3) is 0 Å². The van der Waals surface area contributed by atoms with Gasteiger partial charge in [-0.2, -0.15) is 0 Å². The molecule has 2 fully saturated rings. The predicted molar refractivity (Wildman–Crippen MR) is 55.6 cm³/mol. The van der Waals surface area contributed by atoms with Crippen molar-refractivity contribution >= 4 is 0 Å². The van der Waals surface area contributed by atoms with Gasteiger partial charge < -0.3 is 10.6 Å². The van der Waals surface area contributed by atoms with Crippen molar-refractivity contribution in [1.29, 1.82) is 0 Å². The predicted octanol–water partition coefficient (Wildman–Crippen LogP) is 1.60. The summed E-state index contributed by atoms with van der Waals surface area (Å²) in [4.78, 5) is 2.52. The summed E-state index contributed by atoms with van der Waals surface area (Å²) in [5.41, 5.74) is 6.51. The van der Waals surface area contributed by atoms with Crippen molar-refractivity contribution < 1.29 is 0 Å². The Morgan fingerprint density at radius 3 is 2.38 bits per heavy atom. The minimum atomic E-state index is 0.348. The second kappa shape index (κ2) is 3.58. The van der Waals surface area contributed by atoms with Gasteiger partial charge in [0, 0.05) is 25.7 Å². The van der Waals surface area contributed by atoms with Crippen LogP contribution < -0.4 is 5.73 Å². The van der Waals surface area contributed by atoms with Crippen LogP contribution in [0.5, 0.6) is 0 Å². The van der Waals surface area contributed by atoms with Gasteiger partial charge in [0.05, 0.1) is 0 Å². The topological polar surface area (TPSA) is 29.3 Å². The molecule has 1 saturated heterocycles. The minimum absolute atomic E-state index is 0.348. The van der Waals surface area contributed by atoms with Crippen LogP contribution in [0, 0.1) is 5.41 Å². The van der Waals surface area contributed by atoms with Gasteiger partial charge in [0.1, 0.15) is 0 Å². The highest BCUT2D eigenvalue weighted by Gasteiger charge is 2.42. The van der Waals surface area contributed by atoms with Crippen molar-refractivity contribution in [3.63, 3.8) is 0 Å². The second-order valence-corrected chi connectivity index (χ2v) is 5.21. The van der Waals surface area contributed by atoms with Crippen LogP contribution in [-0.4, -0.2) is 30.6 Å². The van der Waals surface area contributed by atoms with E-state index in [1.165, 1.54) is 45.2 Å². The lowest BCUT2D eigenvalue weighted by Crippen LogP contribution is -2.59. The quantitative estimate of drug-likeness (QED) is 0.703. The molecule has 0 aromatic carbocycles. The molecule has 0 amide bonds. The summed E-state index contributed by atoms with van der Waals surface area (Å²) in [5, 5.41) is 0. The summed E-state index contributed by atoms with van der Waals surface area (Å²) in [6.07, 6.45) is 7.35. The average Bonchev–Trinajstić information content (AvgIpc) is 2.02. The molecule has 0 aromatic rings. The van der Waals surface area contributed by atoms with E-state index < -0.39 is 0 Å². The van der Waals surface area contributed by atoms with Gasteiger partial charge in [-0.1, -0.05) is 19.3 Å². The minimum Gasteiger partial charge on any atom is -0.327 e. The Morgan fingerprint density at radius 1 is 1.23 bits per heavy atom. The maximum atomic E-state index is 5.78. The van der Waals surface area contributed by atoms with Gasteiger partial charge in [-0.15, -0.1) is 0 Å². The Hall–Kier alpha value is -0.0800. The third-order valence-electron chi connectivity index (χ3n) is 3.58. The Morgan fingerprint density at radius 2 is 1.85 bits per heavy atom. The molecule has 13 heavy (non-hydrogen) atoms. The van der Waals surface area contributed by atoms with E-state index in [2.05, 4.69) is 11.8 Å². The lowest BCUT2D eigenvalue weighted by molar-refractivity contribution is -0.0297. The van der Waals surface area contributed by atoms with Crippen molar-refractivity contribution in [3.05, 3.63) is 0 Å². The maximum Gasteiger partial charge on any atom is 0.0139 e. The molecule has 2 aliphatic rings. The number of hydrogen-bond acceptors (Lipinski definition) is 2. The molecule has 1 saturated carbocycles. The number of rotatable bonds is 2. The standard InChI is InChI=1S/C11H22N2/c1-10(12)7-13-8-11(9-13)5-3-2-4-6-11/h10H,2-9,12H2,1H3. The second-order valence-electron chi connectivity index (χ2n) is 5.21. The molecule has 2 heteroatoms. The smallest absolute Gasteiger partial charge is 0.0139 e. The lowest BCUT2D eigenvalue weighted by atomic mass is 9.68. The van der Waals surface area contributed by atoms with Gasteiger partial charge in [0.15, 0.2) is 0 Å². The van der Waals surface area contributed by atoms with Crippen LogP contribution in [0.3, 0.4) is 0 Å². The summed E-state index contributed by atoms with van der Waals surface area (Å²) in [7, 11) is 0. The van der Waals surface area contributed by atoms with Gasteiger partial charge in [-0.25, -0.2) is 0 Å². The van der Waals surface area contributed by atoms with Gasteiger partial charge in [-0.3, -0.25) is 0 Å². The largest absolute Gasteiger partial charge is 0.327 e. The number of hydrogen-bond donors (Lipinski definition) is 1. The molecule has 76 valence electrons. The van der Waals surface area contributed by atoms with Gasteiger partial charge >= 0.3 is 0 Å². The molecule has 0 radical (unpaired) electrons. The van der Waals surface area contributed by atoms with Crippen LogP contribution in [-0.2, 0) is 0 Å². The van der Waals surface area contributed by atoms with Gasteiger partial charge in [0.2, 0.25) is 0 Å². The molecule has 1 atom stereocenters. The normalized spacial score (nSPS) is 30.0. The summed E-state index contributed by atoms with van der Waals surface area (Å²) in [5.74, 6) is 0. The first kappa shape index (κ1) is 9.47. The van der Waals surface area contributed by atoms with Crippen molar-refractivity contribution in [2.45, 2.75) is 45.1 Å². The van der Waals surface area contributed by atoms with Crippen LogP contribution in [0.2, 0.25) is 0 Å². The first-order valence-electron chi connectivity index (χ1n) is 5.68. The highest BCUT2D eigenvalue weighted by Crippen LogP contribution is 2.43. The first-order chi connectivity index (χ1) is 6.20. The first-order valence-corrected chi connectivity index (χ1v) is 5.68. The fourth-order valence-corrected chi connectivity index (χ4v) is 3.06. The molecule has 1 aliphatic heterocycles. The Balaban J connectivity index is 1.75. The van der Waals surface area contributed by atoms with E-state index in [1.54, 1.807) is 0 Å². The molecular weight excluding hydrogens is 160 g/mol. The Labute approximate surface area is 81.5 Å². The third-order valence-corrected chi connectivity index (χ3v) is 3.58. The number of nitrogens with zero attached hydrogens (tertiary/aromatic N) is 1. The number of likely N-dealkylation sites (tertiary alicyclic amines) is 1. The molecular formula is C11H22N2. The van der Waals surface area contributed by atoms with Crippen LogP contribution in [0.1, 0.15) is 39.0 Å². The van der Waals surface area contributed by atoms with Gasteiger partial charge in [-0.05, 0) is 25.2 Å². The molecule has 2 N–H and O–H groups in total. The SMILES string of the molecule is CC(N)CN1CC2(CCCCC2)C1. The summed E-state index contributed by atoms with van der Waals surface area (Å²) < 4.78 is 0. The maximum absolute atomic E-state index is 5.78. The van der Waals surface area contributed by atoms with Crippen LogP contribution in [0.25, 0.3) is 0 Å². The van der Waals surface area contributed by atoms with Crippen LogP contribution in [0.4, 0.5) is 0 Å². The molecule has 0 aromatic heterocycles. The Bertz CT molecular complexity index is 163. The highest BCUT2D eigenvalue weighted by molar-refractivity contribution is 4.96. The van der Waals surface area contributed by atoms with E-state index in [1.807, 2.05) is 0 Å². The molecule has 1 aliphatic carbocycles. The lowest BCUT2D eigenvalue weighted by Gasteiger charge is -2.53. The molecule has 0 bridgehead atoms. The fraction of sp³-hybridized carbons (Fsp3) is 1.00. The monoisotopic (exact) mass is 182 g/mol. The van der Waals surface area contributed by atoms with E-state index in [-0.39, 0.29) is 0 Å².